The lowest BCUT2D eigenvalue weighted by Gasteiger charge is -2.19. The molecule has 0 fully saturated rings. The number of hydrogen-bond acceptors (Lipinski definition) is 3. The minimum atomic E-state index is -0.183. The van der Waals surface area contributed by atoms with Crippen molar-refractivity contribution in [3.63, 3.8) is 0 Å². The van der Waals surface area contributed by atoms with Crippen molar-refractivity contribution in [2.45, 2.75) is 26.2 Å². The van der Waals surface area contributed by atoms with E-state index < -0.39 is 0 Å². The summed E-state index contributed by atoms with van der Waals surface area (Å²) < 4.78 is 2.09. The Morgan fingerprint density at radius 1 is 1.47 bits per heavy atom. The maximum atomic E-state index is 12.0. The van der Waals surface area contributed by atoms with E-state index in [-0.39, 0.29) is 11.0 Å². The van der Waals surface area contributed by atoms with E-state index in [1.807, 2.05) is 49.4 Å². The van der Waals surface area contributed by atoms with Crippen LogP contribution < -0.4 is 5.56 Å². The van der Waals surface area contributed by atoms with Gasteiger partial charge in [-0.05, 0) is 44.6 Å². The van der Waals surface area contributed by atoms with E-state index in [1.165, 1.54) is 11.3 Å². The van der Waals surface area contributed by atoms with Crippen LogP contribution in [0.2, 0.25) is 4.34 Å². The molecule has 0 radical (unpaired) electrons. The van der Waals surface area contributed by atoms with Gasteiger partial charge in [0.25, 0.3) is 5.56 Å². The first-order chi connectivity index (χ1) is 8.70. The Kier molecular flexibility index (Phi) is 4.45. The fourth-order valence-corrected chi connectivity index (χ4v) is 4.25. The molecule has 2 aromatic heterocycles. The molecule has 19 heavy (non-hydrogen) atoms. The predicted molar refractivity (Wildman–Crippen MR) is 92.3 cm³/mol. The number of thiophene rings is 1. The van der Waals surface area contributed by atoms with Crippen LogP contribution >= 0.6 is 61.5 Å². The first kappa shape index (κ1) is 15.5. The summed E-state index contributed by atoms with van der Waals surface area (Å²) in [5.41, 5.74) is 0.501. The number of aromatic nitrogens is 2. The van der Waals surface area contributed by atoms with Gasteiger partial charge < -0.3 is 4.98 Å². The second kappa shape index (κ2) is 5.46. The molecule has 0 saturated carbocycles. The lowest BCUT2D eigenvalue weighted by Crippen LogP contribution is -2.24. The first-order valence-electron chi connectivity index (χ1n) is 5.45. The van der Waals surface area contributed by atoms with Crippen molar-refractivity contribution in [2.24, 2.45) is 0 Å². The summed E-state index contributed by atoms with van der Waals surface area (Å²) in [6, 6.07) is 1.87. The number of nitrogens with one attached hydrogen (secondary N) is 1. The van der Waals surface area contributed by atoms with Crippen LogP contribution in [0.4, 0.5) is 0 Å². The molecule has 0 aromatic carbocycles. The van der Waals surface area contributed by atoms with Crippen LogP contribution in [0.5, 0.6) is 0 Å². The zero-order chi connectivity index (χ0) is 14.4. The molecule has 0 atom stereocenters. The highest BCUT2D eigenvalue weighted by molar-refractivity contribution is 14.1. The van der Waals surface area contributed by atoms with Gasteiger partial charge in [0.1, 0.15) is 7.91 Å². The highest BCUT2D eigenvalue weighted by atomic mass is 127. The molecule has 2 aromatic rings. The Bertz CT molecular complexity index is 671. The van der Waals surface area contributed by atoms with Crippen molar-refractivity contribution in [1.29, 1.82) is 0 Å². The predicted octanol–water partition coefficient (Wildman–Crippen LogP) is 4.82. The van der Waals surface area contributed by atoms with Gasteiger partial charge in [0.15, 0.2) is 5.82 Å². The molecule has 0 aliphatic carbocycles. The molecule has 102 valence electrons. The molecule has 7 heteroatoms. The second-order valence-electron chi connectivity index (χ2n) is 5.06. The van der Waals surface area contributed by atoms with Crippen molar-refractivity contribution in [3.8, 4) is 10.7 Å². The van der Waals surface area contributed by atoms with Crippen LogP contribution in [0.25, 0.3) is 10.7 Å². The van der Waals surface area contributed by atoms with Crippen LogP contribution in [0.1, 0.15) is 26.5 Å². The fourth-order valence-electron chi connectivity index (χ4n) is 1.54. The Labute approximate surface area is 142 Å². The maximum absolute atomic E-state index is 12.0. The summed E-state index contributed by atoms with van der Waals surface area (Å²) in [5, 5.41) is 0. The molecule has 0 aliphatic rings. The van der Waals surface area contributed by atoms with Crippen molar-refractivity contribution in [1.82, 2.24) is 9.97 Å². The molecule has 2 rings (SSSR count). The minimum Gasteiger partial charge on any atom is -0.305 e. The van der Waals surface area contributed by atoms with E-state index in [0.717, 1.165) is 15.0 Å². The maximum Gasteiger partial charge on any atom is 0.264 e. The van der Waals surface area contributed by atoms with Gasteiger partial charge in [-0.3, -0.25) is 4.79 Å². The number of H-pyrrole nitrogens is 1. The van der Waals surface area contributed by atoms with E-state index in [9.17, 15) is 4.79 Å². The molecule has 1 N–H and O–H groups in total. The van der Waals surface area contributed by atoms with Gasteiger partial charge in [-0.1, -0.05) is 32.4 Å². The normalized spacial score (nSPS) is 11.9. The van der Waals surface area contributed by atoms with Gasteiger partial charge in [-0.2, -0.15) is 0 Å². The number of halogens is 3. The zero-order valence-electron chi connectivity index (χ0n) is 10.5. The first-order valence-corrected chi connectivity index (χ1v) is 8.52. The summed E-state index contributed by atoms with van der Waals surface area (Å²) in [6.45, 7) is 6.12. The van der Waals surface area contributed by atoms with Crippen LogP contribution in [-0.2, 0) is 5.41 Å². The molecule has 0 unspecified atom stereocenters. The largest absolute Gasteiger partial charge is 0.305 e. The third kappa shape index (κ3) is 3.22. The monoisotopic (exact) mass is 472 g/mol. The minimum absolute atomic E-state index is 0.115. The van der Waals surface area contributed by atoms with Gasteiger partial charge in [-0.15, -0.1) is 11.3 Å². The molecule has 2 heterocycles. The van der Waals surface area contributed by atoms with E-state index >= 15 is 0 Å². The summed E-state index contributed by atoms with van der Waals surface area (Å²) in [6.07, 6.45) is 0. The molecular weight excluding hydrogens is 462 g/mol. The van der Waals surface area contributed by atoms with Crippen LogP contribution in [-0.4, -0.2) is 9.97 Å². The van der Waals surface area contributed by atoms with Crippen molar-refractivity contribution in [2.75, 3.05) is 0 Å². The van der Waals surface area contributed by atoms with Gasteiger partial charge in [0.2, 0.25) is 0 Å². The van der Waals surface area contributed by atoms with E-state index in [0.29, 0.717) is 13.7 Å². The van der Waals surface area contributed by atoms with Gasteiger partial charge >= 0.3 is 0 Å². The second-order valence-corrected chi connectivity index (χ2v) is 8.65. The Hall–Kier alpha value is 0.0800. The molecule has 0 aliphatic heterocycles. The van der Waals surface area contributed by atoms with Gasteiger partial charge in [0, 0.05) is 9.89 Å². The van der Waals surface area contributed by atoms with Crippen molar-refractivity contribution >= 4 is 61.5 Å². The molecule has 0 bridgehead atoms. The average molecular weight is 474 g/mol. The summed E-state index contributed by atoms with van der Waals surface area (Å²) >= 11 is 12.8. The van der Waals surface area contributed by atoms with Crippen LogP contribution in [0.15, 0.2) is 15.3 Å². The van der Waals surface area contributed by atoms with Crippen molar-refractivity contribution < 1.29 is 0 Å². The highest BCUT2D eigenvalue weighted by Gasteiger charge is 2.23. The Morgan fingerprint density at radius 2 is 2.11 bits per heavy atom. The summed E-state index contributed by atoms with van der Waals surface area (Å²) in [5.74, 6) is 0.563. The smallest absolute Gasteiger partial charge is 0.264 e. The SMILES string of the molecule is CC(C)(C)c1nc(-c2cc(Br)c(Cl)s2)[nH]c(=O)c1I. The lowest BCUT2D eigenvalue weighted by atomic mass is 9.92. The number of aromatic amines is 1. The quantitative estimate of drug-likeness (QED) is 0.604. The molecule has 3 nitrogen and oxygen atoms in total. The van der Waals surface area contributed by atoms with E-state index in [1.54, 1.807) is 0 Å². The number of rotatable bonds is 1. The zero-order valence-corrected chi connectivity index (χ0v) is 15.8. The Morgan fingerprint density at radius 3 is 2.58 bits per heavy atom. The number of hydrogen-bond donors (Lipinski definition) is 1. The topological polar surface area (TPSA) is 45.8 Å². The van der Waals surface area contributed by atoms with Crippen LogP contribution in [0.3, 0.4) is 0 Å². The van der Waals surface area contributed by atoms with Crippen LogP contribution in [0, 0.1) is 3.57 Å². The highest BCUT2D eigenvalue weighted by Crippen LogP contribution is 2.37. The lowest BCUT2D eigenvalue weighted by molar-refractivity contribution is 0.562. The average Bonchev–Trinajstić information content (AvgIpc) is 2.61. The standard InChI is InChI=1S/C12H11BrClIN2OS/c1-12(2,3)8-7(15)11(18)17-10(16-8)6-4-5(13)9(14)19-6/h4H,1-3H3,(H,16,17,18). The third-order valence-corrected chi connectivity index (χ3v) is 5.93. The van der Waals surface area contributed by atoms with Gasteiger partial charge in [0.05, 0.1) is 10.6 Å². The van der Waals surface area contributed by atoms with E-state index in [2.05, 4.69) is 25.9 Å². The molecular formula is C12H11BrClIN2OS. The Balaban J connectivity index is 2.67. The summed E-state index contributed by atoms with van der Waals surface area (Å²) in [4.78, 5) is 20.3. The molecule has 0 amide bonds. The number of nitrogens with zero attached hydrogens (tertiary/aromatic N) is 1. The summed E-state index contributed by atoms with van der Waals surface area (Å²) in [7, 11) is 0. The van der Waals surface area contributed by atoms with Crippen molar-refractivity contribution in [3.05, 3.63) is 34.5 Å². The third-order valence-electron chi connectivity index (χ3n) is 2.45. The fraction of sp³-hybridized carbons (Fsp3) is 0.333. The molecule has 0 spiro atoms. The molecule has 0 saturated heterocycles. The van der Waals surface area contributed by atoms with E-state index in [4.69, 9.17) is 11.6 Å². The van der Waals surface area contributed by atoms with Gasteiger partial charge in [-0.25, -0.2) is 4.98 Å².